The van der Waals surface area contributed by atoms with E-state index in [4.69, 9.17) is 10.2 Å². The fourth-order valence-electron chi connectivity index (χ4n) is 10.4. The average molecular weight is 750 g/mol. The summed E-state index contributed by atoms with van der Waals surface area (Å²) in [4.78, 5) is 0. The fourth-order valence-corrected chi connectivity index (χ4v) is 10.4. The van der Waals surface area contributed by atoms with Crippen molar-refractivity contribution < 1.29 is 0 Å². The van der Waals surface area contributed by atoms with Gasteiger partial charge in [-0.15, -0.1) is 10.2 Å². The molecule has 0 fully saturated rings. The van der Waals surface area contributed by atoms with Crippen molar-refractivity contribution in [3.63, 3.8) is 0 Å². The first-order valence-electron chi connectivity index (χ1n) is 20.2. The van der Waals surface area contributed by atoms with Crippen molar-refractivity contribution in [1.82, 2.24) is 23.7 Å². The van der Waals surface area contributed by atoms with Crippen LogP contribution in [0.2, 0.25) is 0 Å². The molecule has 0 amide bonds. The molecule has 0 saturated heterocycles. The highest BCUT2D eigenvalue weighted by atomic mass is 15.2. The number of fused-ring (bicyclic) bond motifs is 15. The molecule has 0 radical (unpaired) electrons. The van der Waals surface area contributed by atoms with Crippen molar-refractivity contribution in [3.05, 3.63) is 188 Å². The number of nitrogens with zero attached hydrogens (tertiary/aromatic N) is 5. The Morgan fingerprint density at radius 2 is 0.932 bits per heavy atom. The summed E-state index contributed by atoms with van der Waals surface area (Å²) in [7, 11) is 0. The molecule has 9 aromatic carbocycles. The molecule has 14 rings (SSSR count). The summed E-state index contributed by atoms with van der Waals surface area (Å²) in [6, 6.07) is 68.1. The monoisotopic (exact) mass is 749 g/mol. The van der Waals surface area contributed by atoms with Crippen molar-refractivity contribution in [3.8, 4) is 22.8 Å². The van der Waals surface area contributed by atoms with Gasteiger partial charge in [-0.25, -0.2) is 0 Å². The van der Waals surface area contributed by atoms with E-state index in [2.05, 4.69) is 202 Å². The van der Waals surface area contributed by atoms with Gasteiger partial charge < -0.3 is 8.97 Å². The summed E-state index contributed by atoms with van der Waals surface area (Å²) < 4.78 is 7.21. The van der Waals surface area contributed by atoms with E-state index in [1.165, 1.54) is 75.9 Å². The van der Waals surface area contributed by atoms with Crippen LogP contribution in [0.15, 0.2) is 188 Å². The highest BCUT2D eigenvalue weighted by Crippen LogP contribution is 2.48. The van der Waals surface area contributed by atoms with Crippen molar-refractivity contribution in [2.24, 2.45) is 0 Å². The number of para-hydroxylation sites is 4. The highest BCUT2D eigenvalue weighted by Gasteiger charge is 2.26. The quantitative estimate of drug-likeness (QED) is 0.180. The van der Waals surface area contributed by atoms with E-state index in [1.807, 2.05) is 0 Å². The van der Waals surface area contributed by atoms with Gasteiger partial charge in [-0.1, -0.05) is 127 Å². The first-order valence-corrected chi connectivity index (χ1v) is 20.2. The van der Waals surface area contributed by atoms with E-state index in [1.54, 1.807) is 0 Å². The molecule has 5 heterocycles. The molecular formula is C54H31N5. The van der Waals surface area contributed by atoms with Crippen molar-refractivity contribution in [2.45, 2.75) is 0 Å². The van der Waals surface area contributed by atoms with E-state index in [0.717, 1.165) is 50.1 Å². The molecule has 14 aromatic rings. The molecule has 272 valence electrons. The van der Waals surface area contributed by atoms with Gasteiger partial charge in [-0.05, 0) is 71.4 Å². The lowest BCUT2D eigenvalue weighted by Crippen LogP contribution is -2.02. The maximum Gasteiger partial charge on any atom is 0.168 e. The lowest BCUT2D eigenvalue weighted by atomic mass is 10.00. The molecule has 0 aliphatic rings. The van der Waals surface area contributed by atoms with Gasteiger partial charge in [0.05, 0.1) is 38.6 Å². The number of benzene rings is 9. The van der Waals surface area contributed by atoms with Gasteiger partial charge in [0.2, 0.25) is 0 Å². The van der Waals surface area contributed by atoms with Crippen molar-refractivity contribution in [2.75, 3.05) is 0 Å². The molecule has 0 atom stereocenters. The van der Waals surface area contributed by atoms with E-state index in [-0.39, 0.29) is 0 Å². The predicted octanol–water partition coefficient (Wildman–Crippen LogP) is 13.8. The zero-order chi connectivity index (χ0) is 38.3. The van der Waals surface area contributed by atoms with Gasteiger partial charge in [0.1, 0.15) is 5.69 Å². The second kappa shape index (κ2) is 11.3. The van der Waals surface area contributed by atoms with Gasteiger partial charge >= 0.3 is 0 Å². The maximum atomic E-state index is 5.21. The van der Waals surface area contributed by atoms with Gasteiger partial charge in [-0.3, -0.25) is 4.57 Å². The van der Waals surface area contributed by atoms with Crippen LogP contribution in [0, 0.1) is 0 Å². The smallest absolute Gasteiger partial charge is 0.168 e. The molecule has 0 bridgehead atoms. The summed E-state index contributed by atoms with van der Waals surface area (Å²) in [5.41, 5.74) is 11.3. The zero-order valence-electron chi connectivity index (χ0n) is 31.6. The topological polar surface area (TPSA) is 40.0 Å². The second-order valence-corrected chi connectivity index (χ2v) is 15.8. The Kier molecular flexibility index (Phi) is 5.96. The van der Waals surface area contributed by atoms with E-state index >= 15 is 0 Å². The van der Waals surface area contributed by atoms with Gasteiger partial charge in [0.25, 0.3) is 0 Å². The Morgan fingerprint density at radius 3 is 1.73 bits per heavy atom. The minimum Gasteiger partial charge on any atom is -0.309 e. The van der Waals surface area contributed by atoms with Crippen LogP contribution in [-0.4, -0.2) is 23.7 Å². The normalized spacial score (nSPS) is 12.4. The Bertz CT molecular complexity index is 4070. The standard InChI is InChI=1S/C54H31N5/c1-2-16-35(17-3-1)57-44-23-11-8-18-36(44)41-29-34(26-27-47(41)57)52-38-20-6-7-21-39(38)54(56-55-52)59-46-25-13-10-22-40(46)50-49(59)31-42-37-19-9-12-24-45(37)58-48-30-33-15-5-4-14-32(33)28-43(48)51(50)53(42)58/h1-31H. The molecule has 5 nitrogen and oxygen atoms in total. The number of hydrogen-bond acceptors (Lipinski definition) is 2. The summed E-state index contributed by atoms with van der Waals surface area (Å²) in [5, 5.41) is 24.8. The average Bonchev–Trinajstić information content (AvgIpc) is 4.02. The van der Waals surface area contributed by atoms with E-state index in [0.29, 0.717) is 0 Å². The Hall–Kier alpha value is -8.02. The minimum absolute atomic E-state index is 0.823. The summed E-state index contributed by atoms with van der Waals surface area (Å²) >= 11 is 0. The Balaban J connectivity index is 1.07. The largest absolute Gasteiger partial charge is 0.309 e. The van der Waals surface area contributed by atoms with Gasteiger partial charge in [0.15, 0.2) is 5.82 Å². The third-order valence-electron chi connectivity index (χ3n) is 12.8. The number of hydrogen-bond donors (Lipinski definition) is 0. The van der Waals surface area contributed by atoms with Crippen LogP contribution >= 0.6 is 0 Å². The summed E-state index contributed by atoms with van der Waals surface area (Å²) in [5.74, 6) is 0.823. The lowest BCUT2D eigenvalue weighted by molar-refractivity contribution is 0.977. The second-order valence-electron chi connectivity index (χ2n) is 15.8. The van der Waals surface area contributed by atoms with Gasteiger partial charge in [0, 0.05) is 65.1 Å². The number of rotatable bonds is 3. The molecule has 59 heavy (non-hydrogen) atoms. The van der Waals surface area contributed by atoms with Crippen LogP contribution in [0.4, 0.5) is 0 Å². The van der Waals surface area contributed by atoms with Crippen LogP contribution in [-0.2, 0) is 0 Å². The van der Waals surface area contributed by atoms with Crippen LogP contribution in [0.1, 0.15) is 0 Å². The Labute approximate surface area is 336 Å². The first-order chi connectivity index (χ1) is 29.3. The molecule has 0 spiro atoms. The SMILES string of the molecule is c1ccc(-n2c3ccccc3c3cc(-c4nnc(-n5c6ccccc6c6c7c8cc9ccccc9cc8n8c9ccccc9c(cc65)c78)c5ccccc45)ccc32)cc1. The predicted molar refractivity (Wildman–Crippen MR) is 246 cm³/mol. The molecule has 0 N–H and O–H groups in total. The van der Waals surface area contributed by atoms with Crippen LogP contribution in [0.5, 0.6) is 0 Å². The molecule has 0 aliphatic heterocycles. The third-order valence-corrected chi connectivity index (χ3v) is 12.8. The molecule has 0 aliphatic carbocycles. The van der Waals surface area contributed by atoms with Crippen LogP contribution < -0.4 is 0 Å². The third kappa shape index (κ3) is 4.03. The van der Waals surface area contributed by atoms with Crippen molar-refractivity contribution in [1.29, 1.82) is 0 Å². The van der Waals surface area contributed by atoms with Gasteiger partial charge in [-0.2, -0.15) is 0 Å². The summed E-state index contributed by atoms with van der Waals surface area (Å²) in [6.45, 7) is 0. The summed E-state index contributed by atoms with van der Waals surface area (Å²) in [6.07, 6.45) is 0. The van der Waals surface area contributed by atoms with Crippen LogP contribution in [0.25, 0.3) is 126 Å². The van der Waals surface area contributed by atoms with E-state index in [9.17, 15) is 0 Å². The molecule has 0 unspecified atom stereocenters. The van der Waals surface area contributed by atoms with Crippen LogP contribution in [0.3, 0.4) is 0 Å². The molecular weight excluding hydrogens is 719 g/mol. The van der Waals surface area contributed by atoms with Crippen molar-refractivity contribution >= 4 is 103 Å². The lowest BCUT2D eigenvalue weighted by Gasteiger charge is -2.13. The molecule has 0 saturated carbocycles. The highest BCUT2D eigenvalue weighted by molar-refractivity contribution is 6.36. The fraction of sp³-hybridized carbons (Fsp3) is 0. The maximum absolute atomic E-state index is 5.21. The Morgan fingerprint density at radius 1 is 0.322 bits per heavy atom. The first kappa shape index (κ1) is 31.1. The number of aromatic nitrogens is 5. The molecule has 5 aromatic heterocycles. The molecule has 5 heteroatoms. The van der Waals surface area contributed by atoms with E-state index < -0.39 is 0 Å². The minimum atomic E-state index is 0.823. The zero-order valence-corrected chi connectivity index (χ0v) is 31.6.